The first-order valence-corrected chi connectivity index (χ1v) is 11.4. The maximum absolute atomic E-state index is 12.5. The third-order valence-electron chi connectivity index (χ3n) is 4.24. The maximum atomic E-state index is 12.5. The zero-order valence-electron chi connectivity index (χ0n) is 15.9. The number of aromatic nitrogens is 1. The number of aliphatic hydroxyl groups is 1. The van der Waals surface area contributed by atoms with Gasteiger partial charge in [-0.1, -0.05) is 29.8 Å². The molecule has 0 saturated heterocycles. The smallest absolute Gasteiger partial charge is 0.263 e. The van der Waals surface area contributed by atoms with Crippen molar-refractivity contribution >= 4 is 43.8 Å². The second kappa shape index (κ2) is 9.40. The molecule has 2 aromatic carbocycles. The monoisotopic (exact) mass is 462 g/mol. The second-order valence-corrected chi connectivity index (χ2v) is 9.13. The van der Waals surface area contributed by atoms with Gasteiger partial charge in [0.15, 0.2) is 5.13 Å². The zero-order valence-corrected chi connectivity index (χ0v) is 18.2. The Hall–Kier alpha value is -2.72. The molecular weight excluding hydrogens is 444 g/mol. The molecule has 3 rings (SSSR count). The largest absolute Gasteiger partial charge is 0.405 e. The third kappa shape index (κ3) is 4.88. The highest BCUT2D eigenvalue weighted by atomic mass is 35.5. The van der Waals surface area contributed by atoms with Crippen LogP contribution in [0.5, 0.6) is 0 Å². The van der Waals surface area contributed by atoms with Crippen molar-refractivity contribution in [2.45, 2.75) is 11.0 Å². The Morgan fingerprint density at radius 2 is 2.03 bits per heavy atom. The van der Waals surface area contributed by atoms with E-state index in [0.29, 0.717) is 27.4 Å². The molecule has 1 heterocycles. The predicted molar refractivity (Wildman–Crippen MR) is 121 cm³/mol. The van der Waals surface area contributed by atoms with Crippen LogP contribution in [0, 0.1) is 0 Å². The fourth-order valence-corrected chi connectivity index (χ4v) is 4.78. The average molecular weight is 463 g/mol. The normalized spacial score (nSPS) is 13.5. The summed E-state index contributed by atoms with van der Waals surface area (Å²) in [6, 6.07) is 11.0. The van der Waals surface area contributed by atoms with E-state index in [0.717, 1.165) is 0 Å². The lowest BCUT2D eigenvalue weighted by molar-refractivity contribution is 0.220. The van der Waals surface area contributed by atoms with E-state index in [1.165, 1.54) is 35.9 Å². The fraction of sp³-hybridized carbons (Fsp3) is 0.100. The van der Waals surface area contributed by atoms with Gasteiger partial charge >= 0.3 is 0 Å². The average Bonchev–Trinajstić information content (AvgIpc) is 3.24. The second-order valence-electron chi connectivity index (χ2n) is 6.11. The molecule has 0 aliphatic carbocycles. The Bertz CT molecular complexity index is 1180. The SMILES string of the molecule is CN=C(C=CN)c1cc(Cl)ccc1C(O)c1ccc(S(=O)(=O)Nc2nccs2)cc1. The van der Waals surface area contributed by atoms with Crippen molar-refractivity contribution < 1.29 is 13.5 Å². The number of anilines is 1. The lowest BCUT2D eigenvalue weighted by Crippen LogP contribution is -2.13. The van der Waals surface area contributed by atoms with Gasteiger partial charge in [0.2, 0.25) is 0 Å². The predicted octanol–water partition coefficient (Wildman–Crippen LogP) is 3.57. The van der Waals surface area contributed by atoms with Gasteiger partial charge in [0.05, 0.1) is 10.6 Å². The number of rotatable bonds is 7. The number of sulfonamides is 1. The molecular formula is C20H19ClN4O3S2. The van der Waals surface area contributed by atoms with Crippen molar-refractivity contribution in [3.63, 3.8) is 0 Å². The first-order valence-electron chi connectivity index (χ1n) is 8.71. The number of hydrogen-bond donors (Lipinski definition) is 3. The molecule has 0 fully saturated rings. The number of halogens is 1. The topological polar surface area (TPSA) is 118 Å². The van der Waals surface area contributed by atoms with Crippen molar-refractivity contribution in [2.24, 2.45) is 10.7 Å². The minimum absolute atomic E-state index is 0.0619. The van der Waals surface area contributed by atoms with Crippen molar-refractivity contribution in [2.75, 3.05) is 11.8 Å². The van der Waals surface area contributed by atoms with Crippen LogP contribution in [0.1, 0.15) is 22.8 Å². The standard InChI is InChI=1S/C20H19ClN4O3S2/c1-23-18(8-9-22)17-12-14(21)4-7-16(17)19(26)13-2-5-15(6-3-13)30(27,28)25-20-24-10-11-29-20/h2-12,19,26H,22H2,1H3,(H,24,25). The van der Waals surface area contributed by atoms with Crippen LogP contribution in [0.25, 0.3) is 0 Å². The van der Waals surface area contributed by atoms with Crippen LogP contribution in [-0.4, -0.2) is 31.3 Å². The van der Waals surface area contributed by atoms with Gasteiger partial charge in [0, 0.05) is 29.2 Å². The van der Waals surface area contributed by atoms with Gasteiger partial charge in [0.1, 0.15) is 6.10 Å². The van der Waals surface area contributed by atoms with Crippen molar-refractivity contribution in [3.8, 4) is 0 Å². The molecule has 4 N–H and O–H groups in total. The van der Waals surface area contributed by atoms with Crippen molar-refractivity contribution in [1.29, 1.82) is 0 Å². The van der Waals surface area contributed by atoms with E-state index in [2.05, 4.69) is 14.7 Å². The minimum atomic E-state index is -3.77. The number of aliphatic imine (C=N–C) groups is 1. The van der Waals surface area contributed by atoms with Gasteiger partial charge in [-0.15, -0.1) is 11.3 Å². The molecule has 7 nitrogen and oxygen atoms in total. The van der Waals surface area contributed by atoms with Crippen molar-refractivity contribution in [1.82, 2.24) is 4.98 Å². The summed E-state index contributed by atoms with van der Waals surface area (Å²) >= 11 is 7.31. The number of thiazole rings is 1. The van der Waals surface area contributed by atoms with Crippen molar-refractivity contribution in [3.05, 3.63) is 88.0 Å². The molecule has 0 radical (unpaired) electrons. The summed E-state index contributed by atoms with van der Waals surface area (Å²) in [5.41, 5.74) is 7.76. The Morgan fingerprint density at radius 3 is 2.63 bits per heavy atom. The number of benzene rings is 2. The number of nitrogens with one attached hydrogen (secondary N) is 1. The first kappa shape index (κ1) is 22.0. The van der Waals surface area contributed by atoms with Crippen LogP contribution >= 0.6 is 22.9 Å². The number of aliphatic hydroxyl groups excluding tert-OH is 1. The van der Waals surface area contributed by atoms with Gasteiger partial charge < -0.3 is 10.8 Å². The molecule has 0 aliphatic heterocycles. The summed E-state index contributed by atoms with van der Waals surface area (Å²) in [5, 5.41) is 13.4. The number of nitrogens with zero attached hydrogens (tertiary/aromatic N) is 2. The summed E-state index contributed by atoms with van der Waals surface area (Å²) in [6.07, 6.45) is 3.46. The van der Waals surface area contributed by atoms with E-state index in [4.69, 9.17) is 17.3 Å². The molecule has 0 saturated carbocycles. The third-order valence-corrected chi connectivity index (χ3v) is 6.65. The van der Waals surface area contributed by atoms with E-state index < -0.39 is 16.1 Å². The van der Waals surface area contributed by atoms with Gasteiger partial charge in [-0.05, 0) is 47.7 Å². The quantitative estimate of drug-likeness (QED) is 0.464. The van der Waals surface area contributed by atoms with Crippen LogP contribution in [0.15, 0.2) is 76.2 Å². The first-order chi connectivity index (χ1) is 14.4. The lowest BCUT2D eigenvalue weighted by Gasteiger charge is -2.17. The van der Waals surface area contributed by atoms with E-state index >= 15 is 0 Å². The molecule has 3 aromatic rings. The summed E-state index contributed by atoms with van der Waals surface area (Å²) in [6.45, 7) is 0. The van der Waals surface area contributed by atoms with Gasteiger partial charge in [-0.25, -0.2) is 13.4 Å². The molecule has 1 unspecified atom stereocenters. The van der Waals surface area contributed by atoms with Crippen LogP contribution < -0.4 is 10.5 Å². The highest BCUT2D eigenvalue weighted by molar-refractivity contribution is 7.93. The molecule has 0 aliphatic rings. The highest BCUT2D eigenvalue weighted by Gasteiger charge is 2.20. The summed E-state index contributed by atoms with van der Waals surface area (Å²) < 4.78 is 27.4. The molecule has 30 heavy (non-hydrogen) atoms. The van der Waals surface area contributed by atoms with Gasteiger partial charge in [0.25, 0.3) is 10.0 Å². The molecule has 0 spiro atoms. The van der Waals surface area contributed by atoms with E-state index in [1.807, 2.05) is 0 Å². The number of hydrogen-bond acceptors (Lipinski definition) is 7. The summed E-state index contributed by atoms with van der Waals surface area (Å²) in [7, 11) is -2.16. The van der Waals surface area contributed by atoms with E-state index in [9.17, 15) is 13.5 Å². The number of allylic oxidation sites excluding steroid dienone is 1. The molecule has 10 heteroatoms. The fourth-order valence-electron chi connectivity index (χ4n) is 2.82. The molecule has 1 atom stereocenters. The van der Waals surface area contributed by atoms with Crippen LogP contribution in [-0.2, 0) is 10.0 Å². The molecule has 156 valence electrons. The lowest BCUT2D eigenvalue weighted by atomic mass is 9.94. The summed E-state index contributed by atoms with van der Waals surface area (Å²) in [5.74, 6) is 0. The minimum Gasteiger partial charge on any atom is -0.405 e. The summed E-state index contributed by atoms with van der Waals surface area (Å²) in [4.78, 5) is 8.18. The Labute approximate surface area is 183 Å². The number of nitrogens with two attached hydrogens (primary N) is 1. The molecule has 0 bridgehead atoms. The highest BCUT2D eigenvalue weighted by Crippen LogP contribution is 2.29. The Balaban J connectivity index is 1.92. The van der Waals surface area contributed by atoms with Crippen LogP contribution in [0.2, 0.25) is 5.02 Å². The Kier molecular flexibility index (Phi) is 6.88. The van der Waals surface area contributed by atoms with E-state index in [-0.39, 0.29) is 10.0 Å². The van der Waals surface area contributed by atoms with Crippen LogP contribution in [0.3, 0.4) is 0 Å². The van der Waals surface area contributed by atoms with Gasteiger partial charge in [-0.3, -0.25) is 9.71 Å². The molecule has 1 aromatic heterocycles. The Morgan fingerprint density at radius 1 is 1.30 bits per heavy atom. The zero-order chi connectivity index (χ0) is 21.7. The molecule has 0 amide bonds. The van der Waals surface area contributed by atoms with Gasteiger partial charge in [-0.2, -0.15) is 0 Å². The maximum Gasteiger partial charge on any atom is 0.263 e. The van der Waals surface area contributed by atoms with E-state index in [1.54, 1.807) is 48.8 Å². The van der Waals surface area contributed by atoms with Crippen LogP contribution in [0.4, 0.5) is 5.13 Å².